The van der Waals surface area contributed by atoms with Crippen molar-refractivity contribution in [3.8, 4) is 0 Å². The van der Waals surface area contributed by atoms with Gasteiger partial charge in [0.25, 0.3) is 0 Å². The summed E-state index contributed by atoms with van der Waals surface area (Å²) in [6.45, 7) is 15.2. The highest BCUT2D eigenvalue weighted by Gasteiger charge is 2.23. The minimum atomic E-state index is -0.196. The van der Waals surface area contributed by atoms with Crippen LogP contribution in [-0.4, -0.2) is 80.3 Å². The molecule has 1 saturated heterocycles. The van der Waals surface area contributed by atoms with Gasteiger partial charge >= 0.3 is 6.09 Å². The molecule has 1 aliphatic rings. The number of rotatable bonds is 9. The summed E-state index contributed by atoms with van der Waals surface area (Å²) in [5.74, 6) is 0.886. The lowest BCUT2D eigenvalue weighted by Crippen LogP contribution is -2.50. The van der Waals surface area contributed by atoms with Gasteiger partial charge in [-0.1, -0.05) is 13.8 Å². The zero-order chi connectivity index (χ0) is 18.5. The number of ether oxygens (including phenoxy) is 1. The molecule has 1 rings (SSSR count). The van der Waals surface area contributed by atoms with Gasteiger partial charge in [-0.25, -0.2) is 4.79 Å². The highest BCUT2D eigenvalue weighted by molar-refractivity contribution is 14.0. The first-order chi connectivity index (χ1) is 12.1. The number of nitrogens with zero attached hydrogens (tertiary/aromatic N) is 3. The van der Waals surface area contributed by atoms with Gasteiger partial charge < -0.3 is 25.2 Å². The molecule has 154 valence electrons. The zero-order valence-electron chi connectivity index (χ0n) is 16.9. The van der Waals surface area contributed by atoms with Crippen molar-refractivity contribution in [1.29, 1.82) is 0 Å². The lowest BCUT2D eigenvalue weighted by atomic mass is 10.1. The van der Waals surface area contributed by atoms with Crippen LogP contribution in [0.1, 0.15) is 47.0 Å². The number of hydrogen-bond donors (Lipinski definition) is 2. The second-order valence-corrected chi connectivity index (χ2v) is 6.25. The van der Waals surface area contributed by atoms with Crippen LogP contribution < -0.4 is 10.6 Å². The molecule has 1 amide bonds. The Morgan fingerprint density at radius 2 is 1.85 bits per heavy atom. The van der Waals surface area contributed by atoms with E-state index >= 15 is 0 Å². The molecule has 0 aromatic heterocycles. The predicted octanol–water partition coefficient (Wildman–Crippen LogP) is 2.51. The van der Waals surface area contributed by atoms with Gasteiger partial charge in [0.05, 0.1) is 6.61 Å². The summed E-state index contributed by atoms with van der Waals surface area (Å²) in [6, 6.07) is 0.353. The van der Waals surface area contributed by atoms with Crippen molar-refractivity contribution in [2.45, 2.75) is 53.0 Å². The molecule has 26 heavy (non-hydrogen) atoms. The number of nitrogens with one attached hydrogen (secondary N) is 2. The third-order valence-electron chi connectivity index (χ3n) is 4.50. The van der Waals surface area contributed by atoms with Crippen molar-refractivity contribution in [3.63, 3.8) is 0 Å². The molecule has 0 unspecified atom stereocenters. The summed E-state index contributed by atoms with van der Waals surface area (Å²) >= 11 is 0. The van der Waals surface area contributed by atoms with Crippen LogP contribution in [0, 0.1) is 0 Å². The lowest BCUT2D eigenvalue weighted by Gasteiger charge is -2.32. The minimum Gasteiger partial charge on any atom is -0.450 e. The van der Waals surface area contributed by atoms with Gasteiger partial charge in [0.2, 0.25) is 0 Å². The van der Waals surface area contributed by atoms with Gasteiger partial charge in [0.1, 0.15) is 0 Å². The van der Waals surface area contributed by atoms with Gasteiger partial charge in [-0.05, 0) is 52.7 Å². The molecular formula is C18H38IN5O2. The summed E-state index contributed by atoms with van der Waals surface area (Å²) in [7, 11) is 0. The molecular weight excluding hydrogens is 445 g/mol. The van der Waals surface area contributed by atoms with Crippen molar-refractivity contribution in [2.24, 2.45) is 4.99 Å². The van der Waals surface area contributed by atoms with Crippen LogP contribution in [0.3, 0.4) is 0 Å². The fourth-order valence-electron chi connectivity index (χ4n) is 2.96. The Hall–Kier alpha value is -0.770. The van der Waals surface area contributed by atoms with Crippen LogP contribution in [0.2, 0.25) is 0 Å². The van der Waals surface area contributed by atoms with Gasteiger partial charge in [0.15, 0.2) is 5.96 Å². The van der Waals surface area contributed by atoms with Gasteiger partial charge in [-0.2, -0.15) is 0 Å². The van der Waals surface area contributed by atoms with E-state index in [1.54, 1.807) is 4.90 Å². The van der Waals surface area contributed by atoms with E-state index in [1.807, 2.05) is 6.92 Å². The monoisotopic (exact) mass is 483 g/mol. The third-order valence-corrected chi connectivity index (χ3v) is 4.50. The number of carbonyl (C=O) groups is 1. The van der Waals surface area contributed by atoms with Crippen LogP contribution in [0.4, 0.5) is 4.79 Å². The molecule has 7 nitrogen and oxygen atoms in total. The van der Waals surface area contributed by atoms with Crippen LogP contribution in [0.25, 0.3) is 0 Å². The summed E-state index contributed by atoms with van der Waals surface area (Å²) in [5, 5.41) is 6.83. The topological polar surface area (TPSA) is 69.2 Å². The number of piperidine rings is 1. The lowest BCUT2D eigenvalue weighted by molar-refractivity contribution is 0.0963. The molecule has 2 N–H and O–H groups in total. The first-order valence-corrected chi connectivity index (χ1v) is 9.83. The smallest absolute Gasteiger partial charge is 0.409 e. The Bertz CT molecular complexity index is 397. The molecule has 1 aliphatic heterocycles. The molecule has 0 radical (unpaired) electrons. The average molecular weight is 483 g/mol. The number of aliphatic imine (C=N–C) groups is 1. The fourth-order valence-corrected chi connectivity index (χ4v) is 2.96. The predicted molar refractivity (Wildman–Crippen MR) is 119 cm³/mol. The summed E-state index contributed by atoms with van der Waals surface area (Å²) in [4.78, 5) is 20.7. The number of carbonyl (C=O) groups excluding carboxylic acids is 1. The Morgan fingerprint density at radius 3 is 2.38 bits per heavy atom. The van der Waals surface area contributed by atoms with E-state index in [1.165, 1.54) is 0 Å². The maximum absolute atomic E-state index is 11.8. The SMILES string of the molecule is CCNC(=NCCCN(CC)CC)NC1CCN(C(=O)OCC)CC1.I. The molecule has 8 heteroatoms. The first-order valence-electron chi connectivity index (χ1n) is 9.83. The second-order valence-electron chi connectivity index (χ2n) is 6.25. The van der Waals surface area contributed by atoms with Gasteiger partial charge in [0, 0.05) is 32.2 Å². The zero-order valence-corrected chi connectivity index (χ0v) is 19.3. The molecule has 0 aliphatic carbocycles. The van der Waals surface area contributed by atoms with E-state index < -0.39 is 0 Å². The molecule has 0 saturated carbocycles. The van der Waals surface area contributed by atoms with Gasteiger partial charge in [-0.3, -0.25) is 4.99 Å². The van der Waals surface area contributed by atoms with E-state index in [9.17, 15) is 4.79 Å². The van der Waals surface area contributed by atoms with Crippen molar-refractivity contribution in [2.75, 3.05) is 52.4 Å². The largest absolute Gasteiger partial charge is 0.450 e. The quantitative estimate of drug-likeness (QED) is 0.228. The number of halogens is 1. The molecule has 0 spiro atoms. The van der Waals surface area contributed by atoms with Crippen LogP contribution in [-0.2, 0) is 4.74 Å². The summed E-state index contributed by atoms with van der Waals surface area (Å²) < 4.78 is 5.07. The van der Waals surface area contributed by atoms with Crippen molar-refractivity contribution in [1.82, 2.24) is 20.4 Å². The molecule has 0 aromatic rings. The average Bonchev–Trinajstić information content (AvgIpc) is 2.62. The molecule has 0 aromatic carbocycles. The standard InChI is InChI=1S/C18H37N5O2.HI/c1-5-19-17(20-12-9-13-22(6-2)7-3)21-16-10-14-23(15-11-16)18(24)25-8-4;/h16H,5-15H2,1-4H3,(H2,19,20,21);1H. The Kier molecular flexibility index (Phi) is 14.9. The Morgan fingerprint density at radius 1 is 1.19 bits per heavy atom. The van der Waals surface area contributed by atoms with Crippen molar-refractivity contribution < 1.29 is 9.53 Å². The molecule has 1 heterocycles. The van der Waals surface area contributed by atoms with E-state index in [0.29, 0.717) is 12.6 Å². The van der Waals surface area contributed by atoms with E-state index in [0.717, 1.165) is 71.0 Å². The van der Waals surface area contributed by atoms with Crippen LogP contribution in [0.5, 0.6) is 0 Å². The van der Waals surface area contributed by atoms with E-state index in [4.69, 9.17) is 9.73 Å². The van der Waals surface area contributed by atoms with Crippen LogP contribution >= 0.6 is 24.0 Å². The second kappa shape index (κ2) is 15.3. The maximum Gasteiger partial charge on any atom is 0.409 e. The third kappa shape index (κ3) is 9.80. The Labute approximate surface area is 176 Å². The first kappa shape index (κ1) is 25.2. The minimum absolute atomic E-state index is 0. The number of likely N-dealkylation sites (tertiary alicyclic amines) is 1. The van der Waals surface area contributed by atoms with Gasteiger partial charge in [-0.15, -0.1) is 24.0 Å². The fraction of sp³-hybridized carbons (Fsp3) is 0.889. The normalized spacial score (nSPS) is 15.6. The Balaban J connectivity index is 0.00000625. The number of guanidine groups is 1. The molecule has 0 atom stereocenters. The number of amides is 1. The summed E-state index contributed by atoms with van der Waals surface area (Å²) in [6.07, 6.45) is 2.71. The molecule has 0 bridgehead atoms. The highest BCUT2D eigenvalue weighted by atomic mass is 127. The van der Waals surface area contributed by atoms with Crippen molar-refractivity contribution in [3.05, 3.63) is 0 Å². The van der Waals surface area contributed by atoms with Crippen molar-refractivity contribution >= 4 is 36.0 Å². The van der Waals surface area contributed by atoms with E-state index in [2.05, 4.69) is 36.3 Å². The summed E-state index contributed by atoms with van der Waals surface area (Å²) in [5.41, 5.74) is 0. The number of hydrogen-bond acceptors (Lipinski definition) is 4. The van der Waals surface area contributed by atoms with Crippen LogP contribution in [0.15, 0.2) is 4.99 Å². The maximum atomic E-state index is 11.8. The van der Waals surface area contributed by atoms with E-state index in [-0.39, 0.29) is 30.1 Å². The highest BCUT2D eigenvalue weighted by Crippen LogP contribution is 2.11. The molecule has 1 fully saturated rings.